The third kappa shape index (κ3) is 6.51. The van der Waals surface area contributed by atoms with E-state index in [0.29, 0.717) is 31.7 Å². The molecule has 1 aromatic rings. The van der Waals surface area contributed by atoms with Gasteiger partial charge in [0.15, 0.2) is 5.79 Å². The summed E-state index contributed by atoms with van der Waals surface area (Å²) < 4.78 is 23.4. The number of ether oxygens (including phenoxy) is 4. The van der Waals surface area contributed by atoms with Crippen LogP contribution >= 0.6 is 11.8 Å². The van der Waals surface area contributed by atoms with Crippen LogP contribution in [0.25, 0.3) is 0 Å². The summed E-state index contributed by atoms with van der Waals surface area (Å²) in [6.07, 6.45) is 9.53. The van der Waals surface area contributed by atoms with Crippen molar-refractivity contribution in [1.82, 2.24) is 10.2 Å². The van der Waals surface area contributed by atoms with Gasteiger partial charge in [-0.15, -0.1) is 0 Å². The van der Waals surface area contributed by atoms with Gasteiger partial charge in [0.25, 0.3) is 5.24 Å². The van der Waals surface area contributed by atoms with Crippen LogP contribution in [0.1, 0.15) is 50.5 Å². The number of thioether (sulfide) groups is 1. The van der Waals surface area contributed by atoms with Gasteiger partial charge in [-0.3, -0.25) is 4.79 Å². The fraction of sp³-hybridized carbons (Fsp3) is 0.615. The van der Waals surface area contributed by atoms with E-state index in [0.717, 1.165) is 43.4 Å². The lowest BCUT2D eigenvalue weighted by molar-refractivity contribution is -0.294. The molecule has 0 saturated carbocycles. The number of hydrogen-bond donors (Lipinski definition) is 1. The number of carbonyl (C=O) groups excluding carboxylic acids is 2. The lowest BCUT2D eigenvalue weighted by Crippen LogP contribution is -2.62. The van der Waals surface area contributed by atoms with Crippen molar-refractivity contribution in [3.63, 3.8) is 0 Å². The average molecular weight is 505 g/mol. The van der Waals surface area contributed by atoms with E-state index in [-0.39, 0.29) is 23.4 Å². The Morgan fingerprint density at radius 1 is 1.14 bits per heavy atom. The van der Waals surface area contributed by atoms with E-state index in [2.05, 4.69) is 17.5 Å². The van der Waals surface area contributed by atoms with E-state index < -0.39 is 11.9 Å². The van der Waals surface area contributed by atoms with Crippen LogP contribution in [-0.2, 0) is 20.8 Å². The Hall–Kier alpha value is -2.23. The third-order valence-electron chi connectivity index (χ3n) is 6.92. The maximum atomic E-state index is 12.9. The highest BCUT2D eigenvalue weighted by atomic mass is 32.2. The molecule has 2 bridgehead atoms. The molecule has 9 heteroatoms. The topological polar surface area (TPSA) is 86.3 Å². The minimum atomic E-state index is -1.01. The molecule has 0 unspecified atom stereocenters. The van der Waals surface area contributed by atoms with E-state index in [1.54, 1.807) is 14.2 Å². The number of carbonyl (C=O) groups is 2. The maximum absolute atomic E-state index is 12.9. The first-order valence-corrected chi connectivity index (χ1v) is 13.4. The molecule has 2 fully saturated rings. The minimum absolute atomic E-state index is 0.00386. The van der Waals surface area contributed by atoms with Crippen molar-refractivity contribution in [2.75, 3.05) is 26.6 Å². The molecule has 3 heterocycles. The van der Waals surface area contributed by atoms with Gasteiger partial charge in [0.1, 0.15) is 5.75 Å². The number of benzene rings is 1. The number of rotatable bonds is 5. The van der Waals surface area contributed by atoms with Crippen molar-refractivity contribution < 1.29 is 28.5 Å². The molecule has 4 atom stereocenters. The molecule has 0 aromatic heterocycles. The number of amides is 2. The van der Waals surface area contributed by atoms with Crippen LogP contribution in [0.5, 0.6) is 5.75 Å². The molecule has 1 N–H and O–H groups in total. The van der Waals surface area contributed by atoms with Crippen molar-refractivity contribution >= 4 is 23.1 Å². The number of allylic oxidation sites excluding steroid dienone is 2. The minimum Gasteiger partial charge on any atom is -0.497 e. The van der Waals surface area contributed by atoms with Gasteiger partial charge in [-0.05, 0) is 56.2 Å². The second kappa shape index (κ2) is 12.1. The molecule has 35 heavy (non-hydrogen) atoms. The summed E-state index contributed by atoms with van der Waals surface area (Å²) in [7, 11) is 3.27. The van der Waals surface area contributed by atoms with Gasteiger partial charge in [-0.2, -0.15) is 0 Å². The molecule has 1 aromatic carbocycles. The van der Waals surface area contributed by atoms with Crippen LogP contribution in [0.15, 0.2) is 36.4 Å². The fourth-order valence-corrected chi connectivity index (χ4v) is 6.17. The van der Waals surface area contributed by atoms with Crippen LogP contribution in [0.4, 0.5) is 9.59 Å². The molecular formula is C26H36N2O6S. The zero-order valence-corrected chi connectivity index (χ0v) is 21.4. The average Bonchev–Trinajstić information content (AvgIpc) is 3.23. The van der Waals surface area contributed by atoms with Gasteiger partial charge < -0.3 is 29.2 Å². The molecule has 0 aliphatic carbocycles. The van der Waals surface area contributed by atoms with Crippen molar-refractivity contribution in [3.8, 4) is 5.75 Å². The first kappa shape index (κ1) is 25.9. The summed E-state index contributed by atoms with van der Waals surface area (Å²) in [6, 6.07) is 7.28. The number of methoxy groups -OCH3 is 2. The van der Waals surface area contributed by atoms with Crippen molar-refractivity contribution in [3.05, 3.63) is 42.0 Å². The van der Waals surface area contributed by atoms with E-state index in [4.69, 9.17) is 18.9 Å². The molecule has 4 rings (SSSR count). The number of nitrogens with one attached hydrogen (secondary N) is 1. The van der Waals surface area contributed by atoms with Crippen LogP contribution < -0.4 is 10.1 Å². The summed E-state index contributed by atoms with van der Waals surface area (Å²) in [6.45, 7) is 0.839. The van der Waals surface area contributed by atoms with Gasteiger partial charge in [0, 0.05) is 31.9 Å². The second-order valence-corrected chi connectivity index (χ2v) is 10.3. The van der Waals surface area contributed by atoms with Gasteiger partial charge >= 0.3 is 6.09 Å². The maximum Gasteiger partial charge on any atom is 0.407 e. The monoisotopic (exact) mass is 504 g/mol. The zero-order valence-electron chi connectivity index (χ0n) is 20.6. The highest BCUT2D eigenvalue weighted by Crippen LogP contribution is 2.42. The van der Waals surface area contributed by atoms with Crippen molar-refractivity contribution in [2.45, 2.75) is 75.5 Å². The third-order valence-corrected chi connectivity index (χ3v) is 7.88. The Balaban J connectivity index is 1.55. The first-order valence-electron chi connectivity index (χ1n) is 12.4. The van der Waals surface area contributed by atoms with E-state index >= 15 is 0 Å². The van der Waals surface area contributed by atoms with E-state index in [9.17, 15) is 9.59 Å². The smallest absolute Gasteiger partial charge is 0.407 e. The summed E-state index contributed by atoms with van der Waals surface area (Å²) in [5, 5.41) is 3.04. The van der Waals surface area contributed by atoms with Gasteiger partial charge in [-0.25, -0.2) is 4.79 Å². The number of hydrogen-bond acceptors (Lipinski definition) is 7. The van der Waals surface area contributed by atoms with Gasteiger partial charge in [0.05, 0.1) is 25.9 Å². The standard InChI is InChI=1S/C26H36N2O6S/c1-31-21-12-10-19(11-13-21)17-28-23(18-35-25(28)30)26(32-2)16-20-15-22(34-26)9-7-5-3-4-6-8-14-33-24(29)27-20/h3-4,10-13,20,22-23H,5-9,14-18H2,1-2H3,(H,27,29)/b4-3-/t20-,22-,23+,26-/m1/s1. The summed E-state index contributed by atoms with van der Waals surface area (Å²) in [4.78, 5) is 27.3. The molecule has 0 spiro atoms. The zero-order chi connectivity index (χ0) is 24.7. The van der Waals surface area contributed by atoms with Crippen LogP contribution in [-0.4, -0.2) is 66.8 Å². The molecule has 0 radical (unpaired) electrons. The molecule has 2 amide bonds. The highest BCUT2D eigenvalue weighted by molar-refractivity contribution is 8.13. The predicted octanol–water partition coefficient (Wildman–Crippen LogP) is 4.87. The largest absolute Gasteiger partial charge is 0.497 e. The van der Waals surface area contributed by atoms with Crippen LogP contribution in [0.3, 0.4) is 0 Å². The van der Waals surface area contributed by atoms with Crippen LogP contribution in [0, 0.1) is 0 Å². The van der Waals surface area contributed by atoms with Gasteiger partial charge in [-0.1, -0.05) is 36.0 Å². The van der Waals surface area contributed by atoms with Crippen LogP contribution in [0.2, 0.25) is 0 Å². The Labute approximate surface area is 211 Å². The SMILES string of the molecule is COc1ccc(CN2C(=O)SC[C@H]2[C@@]2(OC)C[C@H]3C[C@@H](CCC/C=C\CCCOC(=O)N3)O2)cc1. The molecular weight excluding hydrogens is 468 g/mol. The normalized spacial score (nSPS) is 31.3. The molecule has 3 aliphatic rings. The second-order valence-electron chi connectivity index (χ2n) is 9.29. The molecule has 8 nitrogen and oxygen atoms in total. The highest BCUT2D eigenvalue weighted by Gasteiger charge is 2.53. The Kier molecular flexibility index (Phi) is 8.97. The number of alkyl carbamates (subject to hydrolysis) is 1. The summed E-state index contributed by atoms with van der Waals surface area (Å²) in [5.41, 5.74) is 1.00. The summed E-state index contributed by atoms with van der Waals surface area (Å²) >= 11 is 1.29. The first-order chi connectivity index (χ1) is 17.0. The Morgan fingerprint density at radius 2 is 1.91 bits per heavy atom. The molecule has 3 aliphatic heterocycles. The number of nitrogens with zero attached hydrogens (tertiary/aromatic N) is 1. The Bertz CT molecular complexity index is 894. The van der Waals surface area contributed by atoms with Crippen molar-refractivity contribution in [1.29, 1.82) is 0 Å². The van der Waals surface area contributed by atoms with Crippen molar-refractivity contribution in [2.24, 2.45) is 0 Å². The fourth-order valence-electron chi connectivity index (χ4n) is 5.08. The van der Waals surface area contributed by atoms with E-state index in [1.807, 2.05) is 29.2 Å². The number of fused-ring (bicyclic) bond motifs is 2. The lowest BCUT2D eigenvalue weighted by atomic mass is 9.89. The molecule has 192 valence electrons. The summed E-state index contributed by atoms with van der Waals surface area (Å²) in [5.74, 6) is 0.323. The predicted molar refractivity (Wildman–Crippen MR) is 135 cm³/mol. The Morgan fingerprint density at radius 3 is 2.66 bits per heavy atom. The lowest BCUT2D eigenvalue weighted by Gasteiger charge is -2.48. The quantitative estimate of drug-likeness (QED) is 0.573. The number of cyclic esters (lactones) is 1. The molecule has 2 saturated heterocycles. The van der Waals surface area contributed by atoms with Gasteiger partial charge in [0.2, 0.25) is 0 Å². The van der Waals surface area contributed by atoms with E-state index in [1.165, 1.54) is 11.8 Å².